The summed E-state index contributed by atoms with van der Waals surface area (Å²) < 4.78 is 30.7. The number of halogens is 2. The third-order valence-electron chi connectivity index (χ3n) is 3.48. The first-order valence-corrected chi connectivity index (χ1v) is 6.18. The van der Waals surface area contributed by atoms with Crippen molar-refractivity contribution in [1.29, 1.82) is 0 Å². The van der Waals surface area contributed by atoms with Gasteiger partial charge in [0.05, 0.1) is 12.5 Å². The normalized spacial score (nSPS) is 16.5. The third kappa shape index (κ3) is 3.10. The van der Waals surface area contributed by atoms with Crippen LogP contribution in [0.15, 0.2) is 18.2 Å². The molecule has 0 aromatic heterocycles. The lowest BCUT2D eigenvalue weighted by Gasteiger charge is -2.22. The molecule has 0 N–H and O–H groups in total. The average molecular weight is 269 g/mol. The lowest BCUT2D eigenvalue weighted by molar-refractivity contribution is -0.147. The molecule has 1 aromatic rings. The van der Waals surface area contributed by atoms with Crippen molar-refractivity contribution in [3.8, 4) is 0 Å². The van der Waals surface area contributed by atoms with Gasteiger partial charge in [0, 0.05) is 13.1 Å². The Kier molecular flexibility index (Phi) is 3.85. The van der Waals surface area contributed by atoms with Gasteiger partial charge in [-0.3, -0.25) is 4.79 Å². The second-order valence-corrected chi connectivity index (χ2v) is 5.19. The Morgan fingerprint density at radius 3 is 2.58 bits per heavy atom. The zero-order valence-corrected chi connectivity index (χ0v) is 11.1. The maximum atomic E-state index is 13.1. The van der Waals surface area contributed by atoms with Gasteiger partial charge in [-0.2, -0.15) is 0 Å². The number of ether oxygens (including phenoxy) is 1. The van der Waals surface area contributed by atoms with Crippen LogP contribution in [0.1, 0.15) is 18.4 Å². The highest BCUT2D eigenvalue weighted by Gasteiger charge is 2.51. The van der Waals surface area contributed by atoms with Crippen LogP contribution in [-0.4, -0.2) is 31.6 Å². The Morgan fingerprint density at radius 2 is 2.05 bits per heavy atom. The fourth-order valence-corrected chi connectivity index (χ4v) is 2.32. The van der Waals surface area contributed by atoms with E-state index < -0.39 is 17.0 Å². The highest BCUT2D eigenvalue weighted by atomic mass is 19.2. The second-order valence-electron chi connectivity index (χ2n) is 5.19. The molecular formula is C14H17F2NO2. The van der Waals surface area contributed by atoms with Crippen LogP contribution in [0.2, 0.25) is 0 Å². The maximum absolute atomic E-state index is 13.1. The van der Waals surface area contributed by atoms with E-state index in [1.165, 1.54) is 13.2 Å². The van der Waals surface area contributed by atoms with Crippen molar-refractivity contribution in [1.82, 2.24) is 4.90 Å². The molecule has 0 radical (unpaired) electrons. The molecular weight excluding hydrogens is 252 g/mol. The molecule has 1 saturated carbocycles. The minimum Gasteiger partial charge on any atom is -0.469 e. The fourth-order valence-electron chi connectivity index (χ4n) is 2.32. The number of rotatable bonds is 5. The lowest BCUT2D eigenvalue weighted by Crippen LogP contribution is -2.32. The van der Waals surface area contributed by atoms with Gasteiger partial charge >= 0.3 is 5.97 Å². The van der Waals surface area contributed by atoms with Crippen molar-refractivity contribution >= 4 is 5.97 Å². The van der Waals surface area contributed by atoms with Gasteiger partial charge in [-0.25, -0.2) is 8.78 Å². The quantitative estimate of drug-likeness (QED) is 0.768. The van der Waals surface area contributed by atoms with Crippen molar-refractivity contribution in [2.24, 2.45) is 5.41 Å². The predicted molar refractivity (Wildman–Crippen MR) is 66.4 cm³/mol. The van der Waals surface area contributed by atoms with Crippen molar-refractivity contribution in [3.05, 3.63) is 35.4 Å². The summed E-state index contributed by atoms with van der Waals surface area (Å²) in [6, 6.07) is 3.85. The molecule has 3 nitrogen and oxygen atoms in total. The van der Waals surface area contributed by atoms with Crippen LogP contribution < -0.4 is 0 Å². The van der Waals surface area contributed by atoms with Crippen LogP contribution >= 0.6 is 0 Å². The van der Waals surface area contributed by atoms with Crippen molar-refractivity contribution in [2.75, 3.05) is 20.7 Å². The first-order valence-electron chi connectivity index (χ1n) is 6.18. The number of carbonyl (C=O) groups excluding carboxylic acids is 1. The molecule has 1 aromatic carbocycles. The van der Waals surface area contributed by atoms with Crippen molar-refractivity contribution in [2.45, 2.75) is 19.4 Å². The van der Waals surface area contributed by atoms with Gasteiger partial charge in [0.1, 0.15) is 0 Å². The van der Waals surface area contributed by atoms with Crippen LogP contribution in [0.3, 0.4) is 0 Å². The average Bonchev–Trinajstić information content (AvgIpc) is 3.13. The lowest BCUT2D eigenvalue weighted by atomic mass is 10.1. The summed E-state index contributed by atoms with van der Waals surface area (Å²) in [6.07, 6.45) is 1.64. The standard InChI is InChI=1S/C14H17F2NO2/c1-17(9-14(5-6-14)13(18)19-2)8-10-3-4-11(15)12(16)7-10/h3-4,7H,5-6,8-9H2,1-2H3. The Hall–Kier alpha value is -1.49. The Labute approximate surface area is 111 Å². The Bertz CT molecular complexity index is 486. The fraction of sp³-hybridized carbons (Fsp3) is 0.500. The van der Waals surface area contributed by atoms with Crippen LogP contribution in [0, 0.1) is 17.0 Å². The van der Waals surface area contributed by atoms with Gasteiger partial charge in [-0.15, -0.1) is 0 Å². The van der Waals surface area contributed by atoms with E-state index in [4.69, 9.17) is 4.74 Å². The molecule has 0 heterocycles. The summed E-state index contributed by atoms with van der Waals surface area (Å²) in [7, 11) is 3.24. The van der Waals surface area contributed by atoms with E-state index >= 15 is 0 Å². The second kappa shape index (κ2) is 5.25. The summed E-state index contributed by atoms with van der Waals surface area (Å²) >= 11 is 0. The maximum Gasteiger partial charge on any atom is 0.313 e. The smallest absolute Gasteiger partial charge is 0.313 e. The topological polar surface area (TPSA) is 29.5 Å². The summed E-state index contributed by atoms with van der Waals surface area (Å²) in [6.45, 7) is 1.04. The molecule has 19 heavy (non-hydrogen) atoms. The van der Waals surface area contributed by atoms with Crippen LogP contribution in [0.5, 0.6) is 0 Å². The predicted octanol–water partition coefficient (Wildman–Crippen LogP) is 2.35. The van der Waals surface area contributed by atoms with Crippen molar-refractivity contribution < 1.29 is 18.3 Å². The van der Waals surface area contributed by atoms with Crippen molar-refractivity contribution in [3.63, 3.8) is 0 Å². The molecule has 1 fully saturated rings. The van der Waals surface area contributed by atoms with E-state index in [1.54, 1.807) is 6.07 Å². The van der Waals surface area contributed by atoms with Gasteiger partial charge < -0.3 is 9.64 Å². The largest absolute Gasteiger partial charge is 0.469 e. The minimum absolute atomic E-state index is 0.190. The molecule has 2 rings (SSSR count). The monoisotopic (exact) mass is 269 g/mol. The zero-order valence-electron chi connectivity index (χ0n) is 11.1. The molecule has 0 atom stereocenters. The SMILES string of the molecule is COC(=O)C1(CN(C)Cc2ccc(F)c(F)c2)CC1. The Balaban J connectivity index is 1.96. The summed E-state index contributed by atoms with van der Waals surface area (Å²) in [5.74, 6) is -1.88. The molecule has 5 heteroatoms. The number of methoxy groups -OCH3 is 1. The van der Waals surface area contributed by atoms with Gasteiger partial charge in [0.25, 0.3) is 0 Å². The first kappa shape index (κ1) is 13.9. The molecule has 0 saturated heterocycles. The zero-order chi connectivity index (χ0) is 14.0. The van der Waals surface area contributed by atoms with E-state index in [0.29, 0.717) is 18.7 Å². The van der Waals surface area contributed by atoms with Crippen LogP contribution in [0.25, 0.3) is 0 Å². The van der Waals surface area contributed by atoms with Gasteiger partial charge in [-0.1, -0.05) is 6.07 Å². The number of esters is 1. The van der Waals surface area contributed by atoms with Crippen LogP contribution in [-0.2, 0) is 16.1 Å². The van der Waals surface area contributed by atoms with E-state index in [2.05, 4.69) is 0 Å². The van der Waals surface area contributed by atoms with Crippen LogP contribution in [0.4, 0.5) is 8.78 Å². The van der Waals surface area contributed by atoms with E-state index in [-0.39, 0.29) is 5.97 Å². The molecule has 0 amide bonds. The molecule has 1 aliphatic carbocycles. The third-order valence-corrected chi connectivity index (χ3v) is 3.48. The number of carbonyl (C=O) groups is 1. The van der Waals surface area contributed by atoms with E-state index in [0.717, 1.165) is 18.9 Å². The van der Waals surface area contributed by atoms with E-state index in [1.807, 2.05) is 11.9 Å². The minimum atomic E-state index is -0.848. The summed E-state index contributed by atoms with van der Waals surface area (Å²) in [5, 5.41) is 0. The number of hydrogen-bond acceptors (Lipinski definition) is 3. The molecule has 104 valence electrons. The molecule has 0 spiro atoms. The first-order chi connectivity index (χ1) is 8.97. The highest BCUT2D eigenvalue weighted by Crippen LogP contribution is 2.47. The van der Waals surface area contributed by atoms with Gasteiger partial charge in [0.15, 0.2) is 11.6 Å². The highest BCUT2D eigenvalue weighted by molar-refractivity contribution is 5.80. The number of nitrogens with zero attached hydrogens (tertiary/aromatic N) is 1. The number of benzene rings is 1. The Morgan fingerprint density at radius 1 is 1.37 bits per heavy atom. The summed E-state index contributed by atoms with van der Waals surface area (Å²) in [5.41, 5.74) is 0.282. The number of hydrogen-bond donors (Lipinski definition) is 0. The molecule has 0 bridgehead atoms. The molecule has 0 unspecified atom stereocenters. The van der Waals surface area contributed by atoms with Gasteiger partial charge in [-0.05, 0) is 37.6 Å². The van der Waals surface area contributed by atoms with Gasteiger partial charge in [0.2, 0.25) is 0 Å². The molecule has 1 aliphatic rings. The van der Waals surface area contributed by atoms with E-state index in [9.17, 15) is 13.6 Å². The molecule has 0 aliphatic heterocycles. The summed E-state index contributed by atoms with van der Waals surface area (Å²) in [4.78, 5) is 13.6.